The van der Waals surface area contributed by atoms with Crippen LogP contribution in [0.1, 0.15) is 65.2 Å². The largest absolute Gasteiger partial charge is 0.336 e. The number of hydrogen-bond donors (Lipinski definition) is 1. The molecule has 0 aliphatic carbocycles. The molecule has 17 heavy (non-hydrogen) atoms. The molecule has 0 aromatic carbocycles. The van der Waals surface area contributed by atoms with Crippen molar-refractivity contribution in [2.75, 3.05) is 13.1 Å². The van der Waals surface area contributed by atoms with Crippen molar-refractivity contribution < 1.29 is 4.79 Å². The lowest BCUT2D eigenvalue weighted by molar-refractivity contribution is 0.195. The third-order valence-corrected chi connectivity index (χ3v) is 3.50. The molecule has 0 saturated carbocycles. The molecule has 0 spiro atoms. The Kier molecular flexibility index (Phi) is 7.06. The van der Waals surface area contributed by atoms with E-state index < -0.39 is 0 Å². The van der Waals surface area contributed by atoms with Crippen LogP contribution >= 0.6 is 0 Å². The first-order valence-electron chi connectivity index (χ1n) is 7.29. The van der Waals surface area contributed by atoms with E-state index in [4.69, 9.17) is 0 Å². The Morgan fingerprint density at radius 3 is 2.41 bits per heavy atom. The molecule has 3 heteroatoms. The zero-order chi connectivity index (χ0) is 12.5. The van der Waals surface area contributed by atoms with Crippen LogP contribution in [0.4, 0.5) is 4.79 Å². The SMILES string of the molecule is CCCCCC(C)NC(=O)N1CCCCCC1. The monoisotopic (exact) mass is 240 g/mol. The third-order valence-electron chi connectivity index (χ3n) is 3.50. The summed E-state index contributed by atoms with van der Waals surface area (Å²) in [7, 11) is 0. The second kappa shape index (κ2) is 8.37. The van der Waals surface area contributed by atoms with Gasteiger partial charge < -0.3 is 10.2 Å². The first-order valence-corrected chi connectivity index (χ1v) is 7.29. The van der Waals surface area contributed by atoms with Gasteiger partial charge in [-0.25, -0.2) is 4.79 Å². The summed E-state index contributed by atoms with van der Waals surface area (Å²) < 4.78 is 0. The number of urea groups is 1. The van der Waals surface area contributed by atoms with Gasteiger partial charge in [-0.3, -0.25) is 0 Å². The Hall–Kier alpha value is -0.730. The summed E-state index contributed by atoms with van der Waals surface area (Å²) in [6.45, 7) is 6.20. The Balaban J connectivity index is 2.21. The molecule has 1 unspecified atom stereocenters. The zero-order valence-corrected chi connectivity index (χ0v) is 11.5. The minimum atomic E-state index is 0.149. The molecular formula is C14H28N2O. The second-order valence-corrected chi connectivity index (χ2v) is 5.25. The highest BCUT2D eigenvalue weighted by Crippen LogP contribution is 2.10. The molecule has 1 saturated heterocycles. The molecule has 1 heterocycles. The number of nitrogens with zero attached hydrogens (tertiary/aromatic N) is 1. The van der Waals surface area contributed by atoms with E-state index in [0.29, 0.717) is 6.04 Å². The maximum absolute atomic E-state index is 12.0. The normalized spacial score (nSPS) is 18.6. The fourth-order valence-corrected chi connectivity index (χ4v) is 2.35. The van der Waals surface area contributed by atoms with E-state index in [1.165, 1.54) is 32.1 Å². The van der Waals surface area contributed by atoms with E-state index in [9.17, 15) is 4.79 Å². The number of unbranched alkanes of at least 4 members (excludes halogenated alkanes) is 2. The van der Waals surface area contributed by atoms with Crippen LogP contribution in [0.25, 0.3) is 0 Å². The molecule has 100 valence electrons. The Morgan fingerprint density at radius 2 is 1.82 bits per heavy atom. The zero-order valence-electron chi connectivity index (χ0n) is 11.5. The second-order valence-electron chi connectivity index (χ2n) is 5.25. The van der Waals surface area contributed by atoms with Gasteiger partial charge in [-0.1, -0.05) is 39.0 Å². The average molecular weight is 240 g/mol. The predicted molar refractivity (Wildman–Crippen MR) is 72.2 cm³/mol. The highest BCUT2D eigenvalue weighted by atomic mass is 16.2. The number of carbonyl (C=O) groups excluding carboxylic acids is 1. The molecule has 0 aromatic heterocycles. The van der Waals surface area contributed by atoms with Crippen LogP contribution in [0.3, 0.4) is 0 Å². The Morgan fingerprint density at radius 1 is 1.18 bits per heavy atom. The first-order chi connectivity index (χ1) is 8.24. The van der Waals surface area contributed by atoms with Gasteiger partial charge in [0.15, 0.2) is 0 Å². The summed E-state index contributed by atoms with van der Waals surface area (Å²) in [5, 5.41) is 3.12. The van der Waals surface area contributed by atoms with Gasteiger partial charge in [0.2, 0.25) is 0 Å². The molecule has 1 rings (SSSR count). The highest BCUT2D eigenvalue weighted by Gasteiger charge is 2.16. The molecule has 0 bridgehead atoms. The Labute approximate surface area is 106 Å². The summed E-state index contributed by atoms with van der Waals surface area (Å²) >= 11 is 0. The Bertz CT molecular complexity index is 210. The number of rotatable bonds is 5. The van der Waals surface area contributed by atoms with Crippen molar-refractivity contribution in [1.29, 1.82) is 0 Å². The molecule has 3 nitrogen and oxygen atoms in total. The van der Waals surface area contributed by atoms with Gasteiger partial charge >= 0.3 is 6.03 Å². The number of nitrogens with one attached hydrogen (secondary N) is 1. The van der Waals surface area contributed by atoms with E-state index in [0.717, 1.165) is 32.4 Å². The van der Waals surface area contributed by atoms with Gasteiger partial charge in [0.25, 0.3) is 0 Å². The van der Waals surface area contributed by atoms with Gasteiger partial charge in [-0.15, -0.1) is 0 Å². The van der Waals surface area contributed by atoms with E-state index in [1.54, 1.807) is 0 Å². The summed E-state index contributed by atoms with van der Waals surface area (Å²) in [5.41, 5.74) is 0. The molecule has 1 N–H and O–H groups in total. The van der Waals surface area contributed by atoms with Crippen LogP contribution in [-0.2, 0) is 0 Å². The van der Waals surface area contributed by atoms with Crippen LogP contribution < -0.4 is 5.32 Å². The van der Waals surface area contributed by atoms with Crippen molar-refractivity contribution >= 4 is 6.03 Å². The van der Waals surface area contributed by atoms with Crippen LogP contribution in [-0.4, -0.2) is 30.1 Å². The smallest absolute Gasteiger partial charge is 0.317 e. The molecule has 1 fully saturated rings. The van der Waals surface area contributed by atoms with Gasteiger partial charge in [0.1, 0.15) is 0 Å². The fraction of sp³-hybridized carbons (Fsp3) is 0.929. The lowest BCUT2D eigenvalue weighted by atomic mass is 10.1. The summed E-state index contributed by atoms with van der Waals surface area (Å²) in [6.07, 6.45) is 9.71. The predicted octanol–water partition coefficient (Wildman–Crippen LogP) is 3.54. The molecular weight excluding hydrogens is 212 g/mol. The van der Waals surface area contributed by atoms with Gasteiger partial charge in [-0.05, 0) is 26.2 Å². The first kappa shape index (κ1) is 14.3. The molecule has 2 amide bonds. The van der Waals surface area contributed by atoms with Crippen LogP contribution in [0.15, 0.2) is 0 Å². The van der Waals surface area contributed by atoms with E-state index >= 15 is 0 Å². The maximum atomic E-state index is 12.0. The minimum absolute atomic E-state index is 0.149. The minimum Gasteiger partial charge on any atom is -0.336 e. The number of likely N-dealkylation sites (tertiary alicyclic amines) is 1. The van der Waals surface area contributed by atoms with Crippen LogP contribution in [0, 0.1) is 0 Å². The quantitative estimate of drug-likeness (QED) is 0.732. The maximum Gasteiger partial charge on any atom is 0.317 e. The number of amides is 2. The standard InChI is InChI=1S/C14H28N2O/c1-3-4-7-10-13(2)15-14(17)16-11-8-5-6-9-12-16/h13H,3-12H2,1-2H3,(H,15,17). The van der Waals surface area contributed by atoms with Crippen molar-refractivity contribution in [3.8, 4) is 0 Å². The topological polar surface area (TPSA) is 32.3 Å². The molecule has 1 aliphatic rings. The van der Waals surface area contributed by atoms with Crippen molar-refractivity contribution in [3.05, 3.63) is 0 Å². The molecule has 0 aromatic rings. The van der Waals surface area contributed by atoms with Crippen molar-refractivity contribution in [2.24, 2.45) is 0 Å². The van der Waals surface area contributed by atoms with Crippen LogP contribution in [0.5, 0.6) is 0 Å². The number of carbonyl (C=O) groups is 1. The molecule has 1 aliphatic heterocycles. The molecule has 0 radical (unpaired) electrons. The number of hydrogen-bond acceptors (Lipinski definition) is 1. The fourth-order valence-electron chi connectivity index (χ4n) is 2.35. The van der Waals surface area contributed by atoms with Gasteiger partial charge in [0, 0.05) is 19.1 Å². The summed E-state index contributed by atoms with van der Waals surface area (Å²) in [4.78, 5) is 14.0. The van der Waals surface area contributed by atoms with Crippen LogP contribution in [0.2, 0.25) is 0 Å². The van der Waals surface area contributed by atoms with Crippen molar-refractivity contribution in [2.45, 2.75) is 71.3 Å². The average Bonchev–Trinajstić information content (AvgIpc) is 2.57. The van der Waals surface area contributed by atoms with E-state index in [-0.39, 0.29) is 6.03 Å². The van der Waals surface area contributed by atoms with Gasteiger partial charge in [0.05, 0.1) is 0 Å². The van der Waals surface area contributed by atoms with E-state index in [2.05, 4.69) is 19.2 Å². The lowest BCUT2D eigenvalue weighted by Crippen LogP contribution is -2.44. The van der Waals surface area contributed by atoms with Crippen molar-refractivity contribution in [3.63, 3.8) is 0 Å². The highest BCUT2D eigenvalue weighted by molar-refractivity contribution is 5.74. The summed E-state index contributed by atoms with van der Waals surface area (Å²) in [5.74, 6) is 0. The summed E-state index contributed by atoms with van der Waals surface area (Å²) in [6, 6.07) is 0.466. The van der Waals surface area contributed by atoms with E-state index in [1.807, 2.05) is 4.90 Å². The molecule has 1 atom stereocenters. The third kappa shape index (κ3) is 5.94. The van der Waals surface area contributed by atoms with Crippen molar-refractivity contribution in [1.82, 2.24) is 10.2 Å². The van der Waals surface area contributed by atoms with Gasteiger partial charge in [-0.2, -0.15) is 0 Å². The lowest BCUT2D eigenvalue weighted by Gasteiger charge is -2.23.